The first-order valence-electron chi connectivity index (χ1n) is 6.08. The van der Waals surface area contributed by atoms with Crippen LogP contribution in [-0.4, -0.2) is 26.8 Å². The first kappa shape index (κ1) is 11.9. The molecule has 17 heavy (non-hydrogen) atoms. The van der Waals surface area contributed by atoms with E-state index in [-0.39, 0.29) is 0 Å². The van der Waals surface area contributed by atoms with Crippen LogP contribution in [0.15, 0.2) is 24.3 Å². The van der Waals surface area contributed by atoms with E-state index < -0.39 is 0 Å². The molecule has 0 aromatic heterocycles. The van der Waals surface area contributed by atoms with Crippen LogP contribution in [0.1, 0.15) is 18.4 Å². The second-order valence-electron chi connectivity index (χ2n) is 4.62. The third-order valence-electron chi connectivity index (χ3n) is 3.22. The Morgan fingerprint density at radius 1 is 1.41 bits per heavy atom. The molecule has 1 saturated heterocycles. The largest absolute Gasteiger partial charge is 0.381 e. The lowest BCUT2D eigenvalue weighted by molar-refractivity contribution is 0.0576. The zero-order chi connectivity index (χ0) is 12.1. The highest BCUT2D eigenvalue weighted by Crippen LogP contribution is 2.19. The van der Waals surface area contributed by atoms with Crippen LogP contribution >= 0.6 is 0 Å². The Labute approximate surface area is 103 Å². The molecule has 0 N–H and O–H groups in total. The molecule has 1 aromatic carbocycles. The monoisotopic (exact) mass is 230 g/mol. The summed E-state index contributed by atoms with van der Waals surface area (Å²) in [5, 5.41) is 8.75. The topological polar surface area (TPSA) is 36.3 Å². The minimum atomic E-state index is 0.629. The SMILES string of the molecule is CN(C[C@@H]1CCCOC1)c1ccc(C#N)cc1. The van der Waals surface area contributed by atoms with E-state index in [0.717, 1.165) is 25.4 Å². The first-order chi connectivity index (χ1) is 8.29. The molecule has 0 aliphatic carbocycles. The zero-order valence-electron chi connectivity index (χ0n) is 10.2. The van der Waals surface area contributed by atoms with Crippen molar-refractivity contribution in [1.29, 1.82) is 5.26 Å². The summed E-state index contributed by atoms with van der Waals surface area (Å²) >= 11 is 0. The summed E-state index contributed by atoms with van der Waals surface area (Å²) in [6.07, 6.45) is 2.42. The predicted octanol–water partition coefficient (Wildman–Crippen LogP) is 2.42. The third kappa shape index (κ3) is 3.21. The smallest absolute Gasteiger partial charge is 0.0991 e. The van der Waals surface area contributed by atoms with Gasteiger partial charge in [0.05, 0.1) is 18.2 Å². The molecule has 1 fully saturated rings. The van der Waals surface area contributed by atoms with Crippen molar-refractivity contribution in [3.8, 4) is 6.07 Å². The summed E-state index contributed by atoms with van der Waals surface area (Å²) < 4.78 is 5.49. The van der Waals surface area contributed by atoms with Gasteiger partial charge in [0.2, 0.25) is 0 Å². The van der Waals surface area contributed by atoms with Gasteiger partial charge in [0.15, 0.2) is 0 Å². The van der Waals surface area contributed by atoms with Gasteiger partial charge in [0.25, 0.3) is 0 Å². The number of anilines is 1. The molecule has 1 aliphatic rings. The lowest BCUT2D eigenvalue weighted by Crippen LogP contribution is -2.30. The van der Waals surface area contributed by atoms with E-state index in [1.165, 1.54) is 12.8 Å². The van der Waals surface area contributed by atoms with Crippen LogP contribution in [0.25, 0.3) is 0 Å². The van der Waals surface area contributed by atoms with Crippen molar-refractivity contribution in [2.75, 3.05) is 31.7 Å². The Kier molecular flexibility index (Phi) is 4.00. The Morgan fingerprint density at radius 3 is 2.76 bits per heavy atom. The highest BCUT2D eigenvalue weighted by Gasteiger charge is 2.15. The summed E-state index contributed by atoms with van der Waals surface area (Å²) in [5.74, 6) is 0.629. The van der Waals surface area contributed by atoms with Gasteiger partial charge in [-0.3, -0.25) is 0 Å². The van der Waals surface area contributed by atoms with E-state index >= 15 is 0 Å². The molecule has 1 atom stereocenters. The van der Waals surface area contributed by atoms with Gasteiger partial charge in [0, 0.05) is 25.9 Å². The maximum absolute atomic E-state index is 8.75. The lowest BCUT2D eigenvalue weighted by atomic mass is 10.0. The number of benzene rings is 1. The van der Waals surface area contributed by atoms with Crippen LogP contribution < -0.4 is 4.90 Å². The number of nitriles is 1. The molecule has 0 spiro atoms. The summed E-state index contributed by atoms with van der Waals surface area (Å²) in [5.41, 5.74) is 1.87. The van der Waals surface area contributed by atoms with Crippen molar-refractivity contribution in [2.24, 2.45) is 5.92 Å². The number of hydrogen-bond donors (Lipinski definition) is 0. The normalized spacial score (nSPS) is 19.6. The van der Waals surface area contributed by atoms with Gasteiger partial charge in [-0.1, -0.05) is 0 Å². The van der Waals surface area contributed by atoms with Gasteiger partial charge < -0.3 is 9.64 Å². The fourth-order valence-electron chi connectivity index (χ4n) is 2.23. The molecule has 1 heterocycles. The molecule has 1 aromatic rings. The van der Waals surface area contributed by atoms with Crippen molar-refractivity contribution in [3.05, 3.63) is 29.8 Å². The van der Waals surface area contributed by atoms with E-state index in [2.05, 4.69) is 18.0 Å². The maximum Gasteiger partial charge on any atom is 0.0991 e. The van der Waals surface area contributed by atoms with Crippen molar-refractivity contribution in [3.63, 3.8) is 0 Å². The van der Waals surface area contributed by atoms with Gasteiger partial charge in [-0.15, -0.1) is 0 Å². The molecule has 0 saturated carbocycles. The summed E-state index contributed by atoms with van der Waals surface area (Å²) in [7, 11) is 2.09. The summed E-state index contributed by atoms with van der Waals surface area (Å²) in [4.78, 5) is 2.24. The Bertz CT molecular complexity index is 388. The molecule has 1 aliphatic heterocycles. The molecule has 3 nitrogen and oxygen atoms in total. The first-order valence-corrected chi connectivity index (χ1v) is 6.08. The Morgan fingerprint density at radius 2 is 2.18 bits per heavy atom. The molecule has 0 radical (unpaired) electrons. The van der Waals surface area contributed by atoms with Crippen LogP contribution in [0.4, 0.5) is 5.69 Å². The molecular weight excluding hydrogens is 212 g/mol. The molecular formula is C14H18N2O. The highest BCUT2D eigenvalue weighted by atomic mass is 16.5. The lowest BCUT2D eigenvalue weighted by Gasteiger charge is -2.28. The fraction of sp³-hybridized carbons (Fsp3) is 0.500. The number of ether oxygens (including phenoxy) is 1. The van der Waals surface area contributed by atoms with Crippen molar-refractivity contribution < 1.29 is 4.74 Å². The summed E-state index contributed by atoms with van der Waals surface area (Å²) in [6, 6.07) is 9.87. The van der Waals surface area contributed by atoms with Crippen molar-refractivity contribution in [1.82, 2.24) is 0 Å². The predicted molar refractivity (Wildman–Crippen MR) is 68.0 cm³/mol. The minimum absolute atomic E-state index is 0.629. The average molecular weight is 230 g/mol. The molecule has 2 rings (SSSR count). The van der Waals surface area contributed by atoms with Crippen LogP contribution in [0.2, 0.25) is 0 Å². The second kappa shape index (κ2) is 5.70. The van der Waals surface area contributed by atoms with Crippen LogP contribution in [0, 0.1) is 17.2 Å². The standard InChI is InChI=1S/C14H18N2O/c1-16(10-13-3-2-8-17-11-13)14-6-4-12(9-15)5-7-14/h4-7,13H,2-3,8,10-11H2,1H3/t13-/m0/s1. The van der Waals surface area contributed by atoms with Gasteiger partial charge in [-0.2, -0.15) is 5.26 Å². The van der Waals surface area contributed by atoms with E-state index in [9.17, 15) is 0 Å². The van der Waals surface area contributed by atoms with Gasteiger partial charge >= 0.3 is 0 Å². The van der Waals surface area contributed by atoms with Gasteiger partial charge in [-0.05, 0) is 43.0 Å². The Balaban J connectivity index is 1.94. The molecule has 0 bridgehead atoms. The van der Waals surface area contributed by atoms with Gasteiger partial charge in [0.1, 0.15) is 0 Å². The van der Waals surface area contributed by atoms with Crippen LogP contribution in [-0.2, 0) is 4.74 Å². The molecule has 3 heteroatoms. The van der Waals surface area contributed by atoms with E-state index in [1.54, 1.807) is 0 Å². The van der Waals surface area contributed by atoms with Gasteiger partial charge in [-0.25, -0.2) is 0 Å². The number of nitrogens with zero attached hydrogens (tertiary/aromatic N) is 2. The maximum atomic E-state index is 8.75. The molecule has 90 valence electrons. The Hall–Kier alpha value is -1.53. The average Bonchev–Trinajstić information content (AvgIpc) is 2.40. The summed E-state index contributed by atoms with van der Waals surface area (Å²) in [6.45, 7) is 2.81. The second-order valence-corrected chi connectivity index (χ2v) is 4.62. The van der Waals surface area contributed by atoms with E-state index in [1.807, 2.05) is 24.3 Å². The zero-order valence-corrected chi connectivity index (χ0v) is 10.2. The van der Waals surface area contributed by atoms with Crippen molar-refractivity contribution >= 4 is 5.69 Å². The van der Waals surface area contributed by atoms with Crippen molar-refractivity contribution in [2.45, 2.75) is 12.8 Å². The van der Waals surface area contributed by atoms with E-state index in [4.69, 9.17) is 10.00 Å². The van der Waals surface area contributed by atoms with E-state index in [0.29, 0.717) is 11.5 Å². The minimum Gasteiger partial charge on any atom is -0.381 e. The van der Waals surface area contributed by atoms with Crippen LogP contribution in [0.3, 0.4) is 0 Å². The molecule has 0 amide bonds. The quantitative estimate of drug-likeness (QED) is 0.800. The number of hydrogen-bond acceptors (Lipinski definition) is 3. The molecule has 0 unspecified atom stereocenters. The third-order valence-corrected chi connectivity index (χ3v) is 3.22. The highest BCUT2D eigenvalue weighted by molar-refractivity contribution is 5.49. The number of rotatable bonds is 3. The van der Waals surface area contributed by atoms with Crippen LogP contribution in [0.5, 0.6) is 0 Å². The fourth-order valence-corrected chi connectivity index (χ4v) is 2.23.